The first-order valence-electron chi connectivity index (χ1n) is 5.62. The molecule has 0 radical (unpaired) electrons. The van der Waals surface area contributed by atoms with Crippen LogP contribution in [0.15, 0.2) is 0 Å². The summed E-state index contributed by atoms with van der Waals surface area (Å²) < 4.78 is 0. The number of carbonyl (C=O) groups is 1. The third-order valence-corrected chi connectivity index (χ3v) is 2.95. The van der Waals surface area contributed by atoms with Crippen molar-refractivity contribution in [3.63, 3.8) is 0 Å². The SMILES string of the molecule is CO.O=C1NNCCN1C1CCCCC1. The largest absolute Gasteiger partial charge is 0.400 e. The van der Waals surface area contributed by atoms with Crippen LogP contribution in [0.3, 0.4) is 0 Å². The molecule has 0 aromatic rings. The minimum absolute atomic E-state index is 0.0538. The summed E-state index contributed by atoms with van der Waals surface area (Å²) >= 11 is 0. The predicted molar refractivity (Wildman–Crippen MR) is 58.3 cm³/mol. The van der Waals surface area contributed by atoms with Gasteiger partial charge in [0.2, 0.25) is 0 Å². The van der Waals surface area contributed by atoms with Gasteiger partial charge < -0.3 is 10.0 Å². The minimum atomic E-state index is 0.0538. The first-order chi connectivity index (χ1) is 7.38. The molecule has 0 atom stereocenters. The Morgan fingerprint density at radius 2 is 1.93 bits per heavy atom. The van der Waals surface area contributed by atoms with Gasteiger partial charge in [0.25, 0.3) is 0 Å². The number of rotatable bonds is 1. The molecule has 1 aliphatic heterocycles. The van der Waals surface area contributed by atoms with Gasteiger partial charge in [-0.3, -0.25) is 5.43 Å². The predicted octanol–water partition coefficient (Wildman–Crippen LogP) is 0.457. The number of hydrogen-bond acceptors (Lipinski definition) is 3. The second kappa shape index (κ2) is 6.63. The summed E-state index contributed by atoms with van der Waals surface area (Å²) in [4.78, 5) is 13.4. The third kappa shape index (κ3) is 3.35. The van der Waals surface area contributed by atoms with Crippen molar-refractivity contribution in [2.45, 2.75) is 38.1 Å². The number of nitrogens with zero attached hydrogens (tertiary/aromatic N) is 1. The summed E-state index contributed by atoms with van der Waals surface area (Å²) in [5.41, 5.74) is 5.53. The smallest absolute Gasteiger partial charge is 0.332 e. The fraction of sp³-hybridized carbons (Fsp3) is 0.900. The van der Waals surface area contributed by atoms with Crippen LogP contribution in [0.25, 0.3) is 0 Å². The van der Waals surface area contributed by atoms with Gasteiger partial charge >= 0.3 is 6.03 Å². The highest BCUT2D eigenvalue weighted by Gasteiger charge is 2.26. The van der Waals surface area contributed by atoms with Crippen molar-refractivity contribution >= 4 is 6.03 Å². The van der Waals surface area contributed by atoms with Gasteiger partial charge in [0, 0.05) is 26.2 Å². The van der Waals surface area contributed by atoms with Crippen molar-refractivity contribution in [2.75, 3.05) is 20.2 Å². The van der Waals surface area contributed by atoms with Crippen LogP contribution in [-0.4, -0.2) is 42.3 Å². The van der Waals surface area contributed by atoms with Crippen molar-refractivity contribution in [2.24, 2.45) is 0 Å². The number of urea groups is 1. The summed E-state index contributed by atoms with van der Waals surface area (Å²) in [5.74, 6) is 0. The average Bonchev–Trinajstić information content (AvgIpc) is 2.33. The van der Waals surface area contributed by atoms with E-state index in [1.54, 1.807) is 0 Å². The number of aliphatic hydroxyl groups is 1. The molecule has 2 fully saturated rings. The van der Waals surface area contributed by atoms with Crippen LogP contribution in [-0.2, 0) is 0 Å². The second-order valence-corrected chi connectivity index (χ2v) is 3.84. The fourth-order valence-electron chi connectivity index (χ4n) is 2.23. The van der Waals surface area contributed by atoms with E-state index in [9.17, 15) is 4.79 Å². The highest BCUT2D eigenvalue weighted by atomic mass is 16.2. The molecular formula is C10H21N3O2. The molecule has 2 rings (SSSR count). The monoisotopic (exact) mass is 215 g/mol. The summed E-state index contributed by atoms with van der Waals surface area (Å²) in [6.07, 6.45) is 6.27. The lowest BCUT2D eigenvalue weighted by molar-refractivity contribution is 0.137. The zero-order valence-corrected chi connectivity index (χ0v) is 9.33. The van der Waals surface area contributed by atoms with Crippen molar-refractivity contribution < 1.29 is 9.90 Å². The van der Waals surface area contributed by atoms with Crippen LogP contribution in [0.1, 0.15) is 32.1 Å². The number of carbonyl (C=O) groups excluding carboxylic acids is 1. The molecule has 5 heteroatoms. The molecular weight excluding hydrogens is 194 g/mol. The summed E-state index contributed by atoms with van der Waals surface area (Å²) in [7, 11) is 1.00. The fourth-order valence-corrected chi connectivity index (χ4v) is 2.23. The second-order valence-electron chi connectivity index (χ2n) is 3.84. The van der Waals surface area contributed by atoms with Gasteiger partial charge in [0.1, 0.15) is 0 Å². The van der Waals surface area contributed by atoms with Gasteiger partial charge in [0.05, 0.1) is 0 Å². The van der Waals surface area contributed by atoms with Gasteiger partial charge in [-0.2, -0.15) is 0 Å². The molecule has 15 heavy (non-hydrogen) atoms. The van der Waals surface area contributed by atoms with Gasteiger partial charge in [-0.15, -0.1) is 0 Å². The van der Waals surface area contributed by atoms with E-state index in [-0.39, 0.29) is 6.03 Å². The molecule has 1 saturated carbocycles. The van der Waals surface area contributed by atoms with Crippen LogP contribution >= 0.6 is 0 Å². The first-order valence-corrected chi connectivity index (χ1v) is 5.62. The summed E-state index contributed by atoms with van der Waals surface area (Å²) in [5, 5.41) is 7.00. The van der Waals surface area contributed by atoms with Gasteiger partial charge in [-0.05, 0) is 12.8 Å². The molecule has 0 unspecified atom stereocenters. The third-order valence-electron chi connectivity index (χ3n) is 2.95. The lowest BCUT2D eigenvalue weighted by atomic mass is 9.94. The van der Waals surface area contributed by atoms with E-state index in [1.165, 1.54) is 32.1 Å². The number of hydrazine groups is 1. The molecule has 2 aliphatic rings. The van der Waals surface area contributed by atoms with E-state index in [0.29, 0.717) is 6.04 Å². The van der Waals surface area contributed by atoms with Crippen LogP contribution in [0, 0.1) is 0 Å². The Labute approximate surface area is 90.8 Å². The van der Waals surface area contributed by atoms with E-state index in [4.69, 9.17) is 5.11 Å². The normalized spacial score (nSPS) is 22.8. The quantitative estimate of drug-likeness (QED) is 0.595. The molecule has 1 aliphatic carbocycles. The summed E-state index contributed by atoms with van der Waals surface area (Å²) in [6.45, 7) is 1.72. The molecule has 3 N–H and O–H groups in total. The lowest BCUT2D eigenvalue weighted by Gasteiger charge is -2.37. The molecule has 0 aromatic heterocycles. The topological polar surface area (TPSA) is 64.6 Å². The van der Waals surface area contributed by atoms with Crippen molar-refractivity contribution in [3.8, 4) is 0 Å². The van der Waals surface area contributed by atoms with E-state index in [0.717, 1.165) is 20.2 Å². The number of amides is 2. The molecule has 1 saturated heterocycles. The minimum Gasteiger partial charge on any atom is -0.400 e. The van der Waals surface area contributed by atoms with Crippen molar-refractivity contribution in [3.05, 3.63) is 0 Å². The van der Waals surface area contributed by atoms with Crippen LogP contribution in [0.5, 0.6) is 0 Å². The molecule has 1 heterocycles. The molecule has 5 nitrogen and oxygen atoms in total. The Bertz CT molecular complexity index is 193. The maximum atomic E-state index is 11.4. The molecule has 88 valence electrons. The first kappa shape index (κ1) is 12.3. The Hall–Kier alpha value is -0.810. The van der Waals surface area contributed by atoms with Crippen molar-refractivity contribution in [1.82, 2.24) is 15.8 Å². The molecule has 0 bridgehead atoms. The maximum absolute atomic E-state index is 11.4. The van der Waals surface area contributed by atoms with Crippen LogP contribution < -0.4 is 10.9 Å². The highest BCUT2D eigenvalue weighted by Crippen LogP contribution is 2.22. The maximum Gasteiger partial charge on any atom is 0.332 e. The van der Waals surface area contributed by atoms with Gasteiger partial charge in [0.15, 0.2) is 0 Å². The van der Waals surface area contributed by atoms with Crippen LogP contribution in [0.4, 0.5) is 4.79 Å². The Balaban J connectivity index is 0.000000531. The molecule has 2 amide bonds. The standard InChI is InChI=1S/C9H17N3O.CH4O/c13-9-11-10-6-7-12(9)8-4-2-1-3-5-8;1-2/h8,10H,1-7H2,(H,11,13);2H,1H3. The summed E-state index contributed by atoms with van der Waals surface area (Å²) in [6, 6.07) is 0.550. The van der Waals surface area contributed by atoms with E-state index in [2.05, 4.69) is 10.9 Å². The Kier molecular flexibility index (Phi) is 5.42. The van der Waals surface area contributed by atoms with E-state index >= 15 is 0 Å². The zero-order chi connectivity index (χ0) is 11.1. The number of hydrogen-bond donors (Lipinski definition) is 3. The Morgan fingerprint density at radius 3 is 2.53 bits per heavy atom. The number of nitrogens with one attached hydrogen (secondary N) is 2. The highest BCUT2D eigenvalue weighted by molar-refractivity contribution is 5.74. The Morgan fingerprint density at radius 1 is 1.27 bits per heavy atom. The molecule has 0 spiro atoms. The van der Waals surface area contributed by atoms with Gasteiger partial charge in [-0.1, -0.05) is 19.3 Å². The van der Waals surface area contributed by atoms with Crippen molar-refractivity contribution in [1.29, 1.82) is 0 Å². The van der Waals surface area contributed by atoms with Crippen LogP contribution in [0.2, 0.25) is 0 Å². The van der Waals surface area contributed by atoms with Gasteiger partial charge in [-0.25, -0.2) is 10.2 Å². The average molecular weight is 215 g/mol. The van der Waals surface area contributed by atoms with E-state index < -0.39 is 0 Å². The number of aliphatic hydroxyl groups excluding tert-OH is 1. The zero-order valence-electron chi connectivity index (χ0n) is 9.33. The molecule has 0 aromatic carbocycles. The lowest BCUT2D eigenvalue weighted by Crippen LogP contribution is -2.58. The van der Waals surface area contributed by atoms with E-state index in [1.807, 2.05) is 4.90 Å².